The quantitative estimate of drug-likeness (QED) is 0.756. The van der Waals surface area contributed by atoms with Crippen LogP contribution in [-0.4, -0.2) is 5.16 Å². The van der Waals surface area contributed by atoms with E-state index in [-0.39, 0.29) is 5.82 Å². The van der Waals surface area contributed by atoms with Gasteiger partial charge >= 0.3 is 0 Å². The molecule has 0 spiro atoms. The van der Waals surface area contributed by atoms with Crippen molar-refractivity contribution in [3.63, 3.8) is 0 Å². The van der Waals surface area contributed by atoms with Gasteiger partial charge in [-0.1, -0.05) is 41.0 Å². The molecule has 0 fully saturated rings. The first kappa shape index (κ1) is 13.6. The van der Waals surface area contributed by atoms with Gasteiger partial charge in [0.25, 0.3) is 0 Å². The molecule has 1 aromatic heterocycles. The lowest BCUT2D eigenvalue weighted by Crippen LogP contribution is -1.97. The van der Waals surface area contributed by atoms with Crippen molar-refractivity contribution in [3.05, 3.63) is 71.0 Å². The molecule has 5 heteroatoms. The number of nitrogens with zero attached hydrogens (tertiary/aromatic N) is 1. The van der Waals surface area contributed by atoms with E-state index in [4.69, 9.17) is 16.1 Å². The van der Waals surface area contributed by atoms with E-state index in [9.17, 15) is 4.39 Å². The maximum atomic E-state index is 12.8. The summed E-state index contributed by atoms with van der Waals surface area (Å²) in [4.78, 5) is 0. The number of nitrogens with one attached hydrogen (secondary N) is 1. The number of hydrogen-bond donors (Lipinski definition) is 1. The second-order valence-corrected chi connectivity index (χ2v) is 5.00. The van der Waals surface area contributed by atoms with E-state index in [1.807, 2.05) is 18.2 Å². The Morgan fingerprint density at radius 2 is 1.76 bits per heavy atom. The average Bonchev–Trinajstić information content (AvgIpc) is 2.96. The Kier molecular flexibility index (Phi) is 3.88. The van der Waals surface area contributed by atoms with Crippen molar-refractivity contribution in [2.24, 2.45) is 0 Å². The second-order valence-electron chi connectivity index (χ2n) is 4.56. The van der Waals surface area contributed by atoms with Crippen LogP contribution < -0.4 is 5.32 Å². The molecule has 21 heavy (non-hydrogen) atoms. The standard InChI is InChI=1S/C16H12ClFN2O/c17-13-5-3-12(4-6-13)15-9-16(21-20-15)19-10-11-1-7-14(18)8-2-11/h1-9,19H,10H2. The Labute approximate surface area is 126 Å². The normalized spacial score (nSPS) is 10.6. The minimum atomic E-state index is -0.247. The van der Waals surface area contributed by atoms with Crippen LogP contribution in [0.2, 0.25) is 5.02 Å². The molecular formula is C16H12ClFN2O. The van der Waals surface area contributed by atoms with Crippen LogP contribution >= 0.6 is 11.6 Å². The van der Waals surface area contributed by atoms with Crippen molar-refractivity contribution in [2.45, 2.75) is 6.54 Å². The largest absolute Gasteiger partial charge is 0.350 e. The fourth-order valence-electron chi connectivity index (χ4n) is 1.91. The molecule has 0 saturated carbocycles. The van der Waals surface area contributed by atoms with Gasteiger partial charge in [0.1, 0.15) is 11.5 Å². The van der Waals surface area contributed by atoms with Crippen LogP contribution in [0.1, 0.15) is 5.56 Å². The summed E-state index contributed by atoms with van der Waals surface area (Å²) in [7, 11) is 0. The summed E-state index contributed by atoms with van der Waals surface area (Å²) < 4.78 is 18.0. The topological polar surface area (TPSA) is 38.1 Å². The summed E-state index contributed by atoms with van der Waals surface area (Å²) in [6.45, 7) is 0.537. The second kappa shape index (κ2) is 5.97. The van der Waals surface area contributed by atoms with Gasteiger partial charge in [0, 0.05) is 23.2 Å². The lowest BCUT2D eigenvalue weighted by molar-refractivity contribution is 0.434. The predicted octanol–water partition coefficient (Wildman–Crippen LogP) is 4.75. The first-order chi connectivity index (χ1) is 10.2. The van der Waals surface area contributed by atoms with E-state index in [2.05, 4.69) is 10.5 Å². The highest BCUT2D eigenvalue weighted by atomic mass is 35.5. The van der Waals surface area contributed by atoms with Gasteiger partial charge in [-0.05, 0) is 29.8 Å². The summed E-state index contributed by atoms with van der Waals surface area (Å²) in [5.74, 6) is 0.313. The number of halogens is 2. The highest BCUT2D eigenvalue weighted by Gasteiger charge is 2.06. The molecule has 3 nitrogen and oxygen atoms in total. The zero-order valence-corrected chi connectivity index (χ0v) is 11.8. The molecule has 0 aliphatic carbocycles. The Hall–Kier alpha value is -2.33. The predicted molar refractivity (Wildman–Crippen MR) is 80.7 cm³/mol. The number of benzene rings is 2. The molecule has 0 aliphatic rings. The SMILES string of the molecule is Fc1ccc(CNc2cc(-c3ccc(Cl)cc3)no2)cc1. The minimum Gasteiger partial charge on any atom is -0.350 e. The van der Waals surface area contributed by atoms with Gasteiger partial charge in [0.2, 0.25) is 5.88 Å². The van der Waals surface area contributed by atoms with E-state index in [1.54, 1.807) is 24.3 Å². The van der Waals surface area contributed by atoms with Crippen LogP contribution in [0.25, 0.3) is 11.3 Å². The van der Waals surface area contributed by atoms with Gasteiger partial charge in [-0.25, -0.2) is 4.39 Å². The number of aromatic nitrogens is 1. The Morgan fingerprint density at radius 1 is 1.05 bits per heavy atom. The van der Waals surface area contributed by atoms with Crippen LogP contribution in [0.3, 0.4) is 0 Å². The maximum absolute atomic E-state index is 12.8. The van der Waals surface area contributed by atoms with E-state index in [0.29, 0.717) is 17.5 Å². The molecule has 1 heterocycles. The molecule has 1 N–H and O–H groups in total. The molecule has 0 unspecified atom stereocenters. The summed E-state index contributed by atoms with van der Waals surface area (Å²) in [6, 6.07) is 15.5. The zero-order valence-electron chi connectivity index (χ0n) is 11.0. The average molecular weight is 303 g/mol. The van der Waals surface area contributed by atoms with Crippen molar-refractivity contribution >= 4 is 17.5 Å². The summed E-state index contributed by atoms with van der Waals surface area (Å²) >= 11 is 5.85. The van der Waals surface area contributed by atoms with Gasteiger partial charge in [0.15, 0.2) is 0 Å². The van der Waals surface area contributed by atoms with E-state index < -0.39 is 0 Å². The Bertz CT molecular complexity index is 723. The van der Waals surface area contributed by atoms with Crippen LogP contribution in [0.4, 0.5) is 10.3 Å². The molecule has 2 aromatic carbocycles. The first-order valence-corrected chi connectivity index (χ1v) is 6.79. The fourth-order valence-corrected chi connectivity index (χ4v) is 2.03. The summed E-state index contributed by atoms with van der Waals surface area (Å²) in [5.41, 5.74) is 2.62. The first-order valence-electron chi connectivity index (χ1n) is 6.42. The van der Waals surface area contributed by atoms with Crippen molar-refractivity contribution < 1.29 is 8.91 Å². The molecule has 0 bridgehead atoms. The third-order valence-electron chi connectivity index (χ3n) is 3.03. The number of hydrogen-bond acceptors (Lipinski definition) is 3. The molecule has 3 rings (SSSR count). The molecule has 0 aliphatic heterocycles. The van der Waals surface area contributed by atoms with Crippen LogP contribution in [-0.2, 0) is 6.54 Å². The lowest BCUT2D eigenvalue weighted by atomic mass is 10.1. The van der Waals surface area contributed by atoms with Crippen LogP contribution in [0.15, 0.2) is 59.1 Å². The van der Waals surface area contributed by atoms with Gasteiger partial charge in [-0.15, -0.1) is 0 Å². The van der Waals surface area contributed by atoms with E-state index >= 15 is 0 Å². The van der Waals surface area contributed by atoms with E-state index in [1.165, 1.54) is 12.1 Å². The minimum absolute atomic E-state index is 0.247. The summed E-state index contributed by atoms with van der Waals surface area (Å²) in [6.07, 6.45) is 0. The summed E-state index contributed by atoms with van der Waals surface area (Å²) in [5, 5.41) is 7.78. The van der Waals surface area contributed by atoms with Crippen molar-refractivity contribution in [1.29, 1.82) is 0 Å². The monoisotopic (exact) mass is 302 g/mol. The molecule has 0 radical (unpaired) electrons. The van der Waals surface area contributed by atoms with Gasteiger partial charge in [-0.3, -0.25) is 0 Å². The zero-order chi connectivity index (χ0) is 14.7. The van der Waals surface area contributed by atoms with Crippen LogP contribution in [0.5, 0.6) is 0 Å². The Balaban J connectivity index is 1.67. The highest BCUT2D eigenvalue weighted by Crippen LogP contribution is 2.23. The highest BCUT2D eigenvalue weighted by molar-refractivity contribution is 6.30. The maximum Gasteiger partial charge on any atom is 0.225 e. The molecule has 106 valence electrons. The van der Waals surface area contributed by atoms with Crippen molar-refractivity contribution in [3.8, 4) is 11.3 Å². The number of rotatable bonds is 4. The molecular weight excluding hydrogens is 291 g/mol. The van der Waals surface area contributed by atoms with Gasteiger partial charge in [-0.2, -0.15) is 0 Å². The Morgan fingerprint density at radius 3 is 2.48 bits per heavy atom. The van der Waals surface area contributed by atoms with Crippen LogP contribution in [0, 0.1) is 5.82 Å². The van der Waals surface area contributed by atoms with Crippen molar-refractivity contribution in [2.75, 3.05) is 5.32 Å². The smallest absolute Gasteiger partial charge is 0.225 e. The lowest BCUT2D eigenvalue weighted by Gasteiger charge is -2.01. The molecule has 3 aromatic rings. The fraction of sp³-hybridized carbons (Fsp3) is 0.0625. The third-order valence-corrected chi connectivity index (χ3v) is 3.28. The van der Waals surface area contributed by atoms with Gasteiger partial charge in [0.05, 0.1) is 0 Å². The molecule has 0 atom stereocenters. The van der Waals surface area contributed by atoms with Crippen molar-refractivity contribution in [1.82, 2.24) is 5.16 Å². The molecule has 0 amide bonds. The molecule has 0 saturated heterocycles. The van der Waals surface area contributed by atoms with E-state index in [0.717, 1.165) is 16.8 Å². The third kappa shape index (κ3) is 3.41. The number of anilines is 1. The van der Waals surface area contributed by atoms with Gasteiger partial charge < -0.3 is 9.84 Å².